The molecule has 1 unspecified atom stereocenters. The summed E-state index contributed by atoms with van der Waals surface area (Å²) in [6.07, 6.45) is 13.3. The van der Waals surface area contributed by atoms with Gasteiger partial charge in [0.2, 0.25) is 0 Å². The number of rotatable bonds is 4. The zero-order chi connectivity index (χ0) is 23.5. The lowest BCUT2D eigenvalue weighted by Crippen LogP contribution is -2.28. The maximum Gasteiger partial charge on any atom is 0.260 e. The smallest absolute Gasteiger partial charge is 0.260 e. The lowest BCUT2D eigenvalue weighted by molar-refractivity contribution is 0.640. The van der Waals surface area contributed by atoms with Crippen LogP contribution in [0.4, 0.5) is 0 Å². The molecule has 1 aromatic carbocycles. The molecule has 4 aromatic heterocycles. The van der Waals surface area contributed by atoms with Gasteiger partial charge in [0.05, 0.1) is 40.9 Å². The maximum atomic E-state index is 13.4. The van der Waals surface area contributed by atoms with Gasteiger partial charge in [-0.15, -0.1) is 0 Å². The molecule has 1 atom stereocenters. The molecule has 0 aliphatic heterocycles. The van der Waals surface area contributed by atoms with Crippen LogP contribution in [0.5, 0.6) is 0 Å². The Morgan fingerprint density at radius 2 is 1.94 bits per heavy atom. The Kier molecular flexibility index (Phi) is 4.19. The van der Waals surface area contributed by atoms with Crippen LogP contribution in [0, 0.1) is 5.41 Å². The van der Waals surface area contributed by atoms with Crippen molar-refractivity contribution in [1.82, 2.24) is 34.9 Å². The van der Waals surface area contributed by atoms with Crippen LogP contribution >= 0.6 is 0 Å². The molecule has 0 bridgehead atoms. The molecule has 0 amide bonds. The van der Waals surface area contributed by atoms with E-state index in [-0.39, 0.29) is 22.8 Å². The Morgan fingerprint density at radius 1 is 1.09 bits per heavy atom. The monoisotopic (exact) mass is 460 g/mol. The van der Waals surface area contributed by atoms with Crippen LogP contribution in [0.2, 0.25) is 0 Å². The zero-order valence-corrected chi connectivity index (χ0v) is 18.6. The van der Waals surface area contributed by atoms with Gasteiger partial charge in [0, 0.05) is 46.6 Å². The van der Waals surface area contributed by atoms with Crippen molar-refractivity contribution in [1.29, 1.82) is 5.41 Å². The molecular weight excluding hydrogens is 440 g/mol. The van der Waals surface area contributed by atoms with Gasteiger partial charge >= 0.3 is 0 Å². The normalized spacial score (nSPS) is 17.4. The van der Waals surface area contributed by atoms with E-state index in [0.717, 1.165) is 40.4 Å². The van der Waals surface area contributed by atoms with Gasteiger partial charge in [0.25, 0.3) is 5.56 Å². The van der Waals surface area contributed by atoms with E-state index >= 15 is 0 Å². The van der Waals surface area contributed by atoms with Crippen LogP contribution in [-0.4, -0.2) is 40.6 Å². The number of nitrogens with zero attached hydrogens (tertiary/aromatic N) is 5. The van der Waals surface area contributed by atoms with Gasteiger partial charge in [-0.1, -0.05) is 18.2 Å². The Morgan fingerprint density at radius 3 is 2.77 bits per heavy atom. The number of hydrogen-bond acceptors (Lipinski definition) is 6. The summed E-state index contributed by atoms with van der Waals surface area (Å²) < 4.78 is 2.00. The molecule has 4 heterocycles. The van der Waals surface area contributed by atoms with Gasteiger partial charge in [0.15, 0.2) is 0 Å². The number of pyridine rings is 1. The minimum atomic E-state index is -0.337. The van der Waals surface area contributed by atoms with Crippen molar-refractivity contribution < 1.29 is 0 Å². The second-order valence-electron chi connectivity index (χ2n) is 8.97. The summed E-state index contributed by atoms with van der Waals surface area (Å²) >= 11 is 0. The molecule has 1 saturated carbocycles. The standard InChI is InChI=1S/C26H20N8O/c27-23-19(17-2-1-3-21-20(17)12-29-33-21)10-18(15-11-30-34(13-15)16-4-5-16)24-22(23)26(35)32-25(31-24)14-6-8-28-9-7-14/h1-3,6-13,16,18,27H,4-5H2,(H,29,33)(H,31,32,35). The Labute approximate surface area is 199 Å². The molecule has 3 N–H and O–H groups in total. The molecule has 2 aliphatic carbocycles. The molecule has 9 heteroatoms. The van der Waals surface area contributed by atoms with Gasteiger partial charge in [0.1, 0.15) is 5.82 Å². The minimum Gasteiger partial charge on any atom is -0.306 e. The fourth-order valence-electron chi connectivity index (χ4n) is 4.80. The average Bonchev–Trinajstić information content (AvgIpc) is 3.41. The number of benzene rings is 1. The number of nitrogens with one attached hydrogen (secondary N) is 3. The summed E-state index contributed by atoms with van der Waals surface area (Å²) in [5.74, 6) is 0.129. The average molecular weight is 461 g/mol. The third-order valence-electron chi connectivity index (χ3n) is 6.72. The van der Waals surface area contributed by atoms with Crippen molar-refractivity contribution in [3.8, 4) is 11.4 Å². The summed E-state index contributed by atoms with van der Waals surface area (Å²) in [4.78, 5) is 25.3. The summed E-state index contributed by atoms with van der Waals surface area (Å²) in [7, 11) is 0. The second kappa shape index (κ2) is 7.42. The number of allylic oxidation sites excluding steroid dienone is 2. The van der Waals surface area contributed by atoms with Gasteiger partial charge in [-0.05, 0) is 36.6 Å². The van der Waals surface area contributed by atoms with E-state index in [9.17, 15) is 4.79 Å². The van der Waals surface area contributed by atoms with E-state index in [1.165, 1.54) is 0 Å². The Bertz CT molecular complexity index is 1700. The van der Waals surface area contributed by atoms with Crippen LogP contribution in [0.15, 0.2) is 72.2 Å². The molecule has 0 radical (unpaired) electrons. The van der Waals surface area contributed by atoms with Crippen LogP contribution < -0.4 is 5.56 Å². The summed E-state index contributed by atoms with van der Waals surface area (Å²) in [6, 6.07) is 9.88. The molecule has 7 rings (SSSR count). The molecule has 35 heavy (non-hydrogen) atoms. The van der Waals surface area contributed by atoms with Gasteiger partial charge < -0.3 is 4.98 Å². The molecule has 2 aliphatic rings. The fraction of sp³-hybridized carbons (Fsp3) is 0.154. The summed E-state index contributed by atoms with van der Waals surface area (Å²) in [6.45, 7) is 0. The highest BCUT2D eigenvalue weighted by molar-refractivity contribution is 6.33. The van der Waals surface area contributed by atoms with Crippen molar-refractivity contribution in [3.05, 3.63) is 100 Å². The molecule has 1 fully saturated rings. The van der Waals surface area contributed by atoms with E-state index in [1.54, 1.807) is 30.7 Å². The molecule has 0 spiro atoms. The first-order valence-electron chi connectivity index (χ1n) is 11.5. The van der Waals surface area contributed by atoms with Crippen molar-refractivity contribution in [2.75, 3.05) is 0 Å². The van der Waals surface area contributed by atoms with Crippen molar-refractivity contribution in [3.63, 3.8) is 0 Å². The molecule has 5 aromatic rings. The zero-order valence-electron chi connectivity index (χ0n) is 18.6. The van der Waals surface area contributed by atoms with E-state index in [1.807, 2.05) is 41.4 Å². The third-order valence-corrected chi connectivity index (χ3v) is 6.72. The summed E-state index contributed by atoms with van der Waals surface area (Å²) in [5.41, 5.74) is 4.76. The highest BCUT2D eigenvalue weighted by atomic mass is 16.1. The first-order valence-corrected chi connectivity index (χ1v) is 11.5. The predicted octanol–water partition coefficient (Wildman–Crippen LogP) is 3.84. The van der Waals surface area contributed by atoms with E-state index in [4.69, 9.17) is 10.4 Å². The van der Waals surface area contributed by atoms with Crippen molar-refractivity contribution in [2.45, 2.75) is 24.8 Å². The van der Waals surface area contributed by atoms with E-state index in [0.29, 0.717) is 23.1 Å². The second-order valence-corrected chi connectivity index (χ2v) is 8.97. The molecule has 9 nitrogen and oxygen atoms in total. The highest BCUT2D eigenvalue weighted by Gasteiger charge is 2.33. The molecule has 0 saturated heterocycles. The van der Waals surface area contributed by atoms with Crippen LogP contribution in [-0.2, 0) is 0 Å². The van der Waals surface area contributed by atoms with Gasteiger partial charge in [-0.3, -0.25) is 25.0 Å². The fourth-order valence-corrected chi connectivity index (χ4v) is 4.80. The third kappa shape index (κ3) is 3.16. The topological polar surface area (TPSA) is 129 Å². The Balaban J connectivity index is 1.46. The van der Waals surface area contributed by atoms with Gasteiger partial charge in [-0.2, -0.15) is 10.2 Å². The SMILES string of the molecule is N=C1C(c2cccc3[nH]ncc23)=CC(c2cnn(C3CC3)c2)c2nc(-c3ccncc3)[nH]c(=O)c21. The van der Waals surface area contributed by atoms with Crippen LogP contribution in [0.3, 0.4) is 0 Å². The molecule has 170 valence electrons. The largest absolute Gasteiger partial charge is 0.306 e. The lowest BCUT2D eigenvalue weighted by atomic mass is 9.81. The number of H-pyrrole nitrogens is 2. The Hall–Kier alpha value is -4.66. The van der Waals surface area contributed by atoms with Crippen molar-refractivity contribution in [2.24, 2.45) is 0 Å². The van der Waals surface area contributed by atoms with E-state index in [2.05, 4.69) is 25.3 Å². The van der Waals surface area contributed by atoms with E-state index < -0.39 is 0 Å². The number of fused-ring (bicyclic) bond motifs is 2. The van der Waals surface area contributed by atoms with Crippen molar-refractivity contribution >= 4 is 22.2 Å². The molecular formula is C26H20N8O. The first kappa shape index (κ1) is 19.8. The number of aromatic amines is 2. The first-order chi connectivity index (χ1) is 17.2. The van der Waals surface area contributed by atoms with Gasteiger partial charge in [-0.25, -0.2) is 4.98 Å². The highest BCUT2D eigenvalue weighted by Crippen LogP contribution is 2.40. The maximum absolute atomic E-state index is 13.4. The summed E-state index contributed by atoms with van der Waals surface area (Å²) in [5, 5.41) is 21.7. The predicted molar refractivity (Wildman–Crippen MR) is 131 cm³/mol. The quantitative estimate of drug-likeness (QED) is 0.375. The number of hydrogen-bond donors (Lipinski definition) is 3. The van der Waals surface area contributed by atoms with Crippen LogP contribution in [0.1, 0.15) is 47.2 Å². The van der Waals surface area contributed by atoms with Crippen LogP contribution in [0.25, 0.3) is 27.9 Å². The minimum absolute atomic E-state index is 0.148. The lowest BCUT2D eigenvalue weighted by Gasteiger charge is -2.24. The number of aromatic nitrogens is 7.